The molecule has 4 nitrogen and oxygen atoms in total. The highest BCUT2D eigenvalue weighted by atomic mass is 35.5. The Balaban J connectivity index is 3.44. The van der Waals surface area contributed by atoms with Crippen LogP contribution in [0.3, 0.4) is 0 Å². The minimum absolute atomic E-state index is 0.300. The molecule has 0 fully saturated rings. The van der Waals surface area contributed by atoms with E-state index in [9.17, 15) is 18.9 Å². The van der Waals surface area contributed by atoms with Crippen LogP contribution in [-0.2, 0) is 0 Å². The summed E-state index contributed by atoms with van der Waals surface area (Å²) in [5, 5.41) is 9.40. The van der Waals surface area contributed by atoms with E-state index in [1.54, 1.807) is 0 Å². The quantitative estimate of drug-likeness (QED) is 0.455. The highest BCUT2D eigenvalue weighted by Gasteiger charge is 2.26. The van der Waals surface area contributed by atoms with Gasteiger partial charge in [-0.15, -0.1) is 0 Å². The summed E-state index contributed by atoms with van der Waals surface area (Å²) < 4.78 is 24.6. The van der Waals surface area contributed by atoms with E-state index in [1.165, 1.54) is 0 Å². The van der Waals surface area contributed by atoms with Gasteiger partial charge in [0.2, 0.25) is 0 Å². The van der Waals surface area contributed by atoms with Gasteiger partial charge in [-0.3, -0.25) is 10.1 Å². The van der Waals surface area contributed by atoms with E-state index in [1.807, 2.05) is 0 Å². The van der Waals surface area contributed by atoms with E-state index in [2.05, 4.69) is 4.98 Å². The lowest BCUT2D eigenvalue weighted by Gasteiger charge is -2.03. The van der Waals surface area contributed by atoms with E-state index in [-0.39, 0.29) is 5.15 Å². The number of rotatable bonds is 2. The normalized spacial score (nSPS) is 10.6. The second kappa shape index (κ2) is 4.02. The van der Waals surface area contributed by atoms with Gasteiger partial charge in [-0.2, -0.15) is 0 Å². The van der Waals surface area contributed by atoms with Crippen molar-refractivity contribution >= 4 is 28.9 Å². The van der Waals surface area contributed by atoms with Crippen LogP contribution in [0, 0.1) is 10.1 Å². The van der Waals surface area contributed by atoms with Crippen LogP contribution in [0.1, 0.15) is 12.0 Å². The van der Waals surface area contributed by atoms with Crippen LogP contribution < -0.4 is 0 Å². The number of halogens is 4. The molecular weight excluding hydrogens is 241 g/mol. The van der Waals surface area contributed by atoms with Crippen LogP contribution >= 0.6 is 23.2 Å². The molecule has 1 rings (SSSR count). The number of nitrogens with zero attached hydrogens (tertiary/aromatic N) is 2. The molecule has 0 unspecified atom stereocenters. The van der Waals surface area contributed by atoms with E-state index in [0.29, 0.717) is 0 Å². The molecule has 14 heavy (non-hydrogen) atoms. The molecule has 0 aliphatic rings. The first-order valence-corrected chi connectivity index (χ1v) is 3.97. The van der Waals surface area contributed by atoms with Gasteiger partial charge in [-0.05, 0) is 0 Å². The first-order valence-electron chi connectivity index (χ1n) is 3.22. The number of aromatic nitrogens is 1. The number of hydrogen-bond acceptors (Lipinski definition) is 3. The van der Waals surface area contributed by atoms with Gasteiger partial charge in [-0.1, -0.05) is 23.2 Å². The highest BCUT2D eigenvalue weighted by molar-refractivity contribution is 6.33. The summed E-state index contributed by atoms with van der Waals surface area (Å²) in [6.45, 7) is 0. The van der Waals surface area contributed by atoms with Gasteiger partial charge in [0, 0.05) is 0 Å². The summed E-state index contributed by atoms with van der Waals surface area (Å²) in [6.07, 6.45) is -3.06. The fourth-order valence-corrected chi connectivity index (χ4v) is 1.34. The van der Waals surface area contributed by atoms with Crippen LogP contribution in [0.15, 0.2) is 6.07 Å². The fourth-order valence-electron chi connectivity index (χ4n) is 0.835. The maximum absolute atomic E-state index is 12.3. The molecule has 76 valence electrons. The number of alkyl halides is 2. The van der Waals surface area contributed by atoms with Gasteiger partial charge < -0.3 is 0 Å². The first kappa shape index (κ1) is 11.1. The molecule has 0 aliphatic heterocycles. The maximum Gasteiger partial charge on any atom is 0.284 e. The van der Waals surface area contributed by atoms with Gasteiger partial charge in [0.1, 0.15) is 15.9 Å². The summed E-state index contributed by atoms with van der Waals surface area (Å²) in [5.41, 5.74) is -1.74. The zero-order valence-corrected chi connectivity index (χ0v) is 7.89. The second-order valence-electron chi connectivity index (χ2n) is 2.23. The molecule has 0 aromatic carbocycles. The monoisotopic (exact) mass is 242 g/mol. The van der Waals surface area contributed by atoms with Gasteiger partial charge in [0.05, 0.1) is 11.0 Å². The average Bonchev–Trinajstić information content (AvgIpc) is 2.01. The third-order valence-electron chi connectivity index (χ3n) is 1.37. The lowest BCUT2D eigenvalue weighted by molar-refractivity contribution is -0.386. The molecule has 0 saturated heterocycles. The largest absolute Gasteiger partial charge is 0.284 e. The van der Waals surface area contributed by atoms with Gasteiger partial charge in [0.15, 0.2) is 0 Å². The van der Waals surface area contributed by atoms with E-state index in [4.69, 9.17) is 23.2 Å². The van der Waals surface area contributed by atoms with E-state index < -0.39 is 27.8 Å². The summed E-state index contributed by atoms with van der Waals surface area (Å²) >= 11 is 10.6. The number of hydrogen-bond donors (Lipinski definition) is 0. The van der Waals surface area contributed by atoms with Gasteiger partial charge >= 0.3 is 0 Å². The predicted octanol–water partition coefficient (Wildman–Crippen LogP) is 3.23. The Morgan fingerprint density at radius 2 is 2.07 bits per heavy atom. The lowest BCUT2D eigenvalue weighted by Crippen LogP contribution is -1.99. The Bertz CT molecular complexity index is 386. The Morgan fingerprint density at radius 1 is 1.50 bits per heavy atom. The third kappa shape index (κ3) is 2.08. The minimum Gasteiger partial charge on any atom is -0.258 e. The molecule has 0 spiro atoms. The Labute approximate surface area is 86.6 Å². The standard InChI is InChI=1S/C6H2Cl2F2N2O2/c7-3-1-2(12(13)14)4(6(9)10)5(8)11-3/h1,6H. The predicted molar refractivity (Wildman–Crippen MR) is 45.9 cm³/mol. The van der Waals surface area contributed by atoms with Crippen molar-refractivity contribution in [2.24, 2.45) is 0 Å². The Morgan fingerprint density at radius 3 is 2.50 bits per heavy atom. The molecule has 1 heterocycles. The van der Waals surface area contributed by atoms with Crippen LogP contribution in [-0.4, -0.2) is 9.91 Å². The Kier molecular flexibility index (Phi) is 3.17. The van der Waals surface area contributed by atoms with Crippen LogP contribution in [0.2, 0.25) is 10.3 Å². The molecule has 8 heteroatoms. The topological polar surface area (TPSA) is 56.0 Å². The first-order chi connectivity index (χ1) is 6.43. The zero-order valence-electron chi connectivity index (χ0n) is 6.38. The molecule has 0 atom stereocenters. The third-order valence-corrected chi connectivity index (χ3v) is 1.86. The molecule has 0 saturated carbocycles. The van der Waals surface area contributed by atoms with Crippen molar-refractivity contribution in [3.63, 3.8) is 0 Å². The SMILES string of the molecule is O=[N+]([O-])c1cc(Cl)nc(Cl)c1C(F)F. The number of pyridine rings is 1. The van der Waals surface area contributed by atoms with Crippen LogP contribution in [0.25, 0.3) is 0 Å². The van der Waals surface area contributed by atoms with Crippen molar-refractivity contribution < 1.29 is 13.7 Å². The Hall–Kier alpha value is -1.01. The summed E-state index contributed by atoms with van der Waals surface area (Å²) in [4.78, 5) is 12.7. The highest BCUT2D eigenvalue weighted by Crippen LogP contribution is 2.35. The lowest BCUT2D eigenvalue weighted by atomic mass is 10.2. The van der Waals surface area contributed by atoms with Gasteiger partial charge in [0.25, 0.3) is 12.1 Å². The van der Waals surface area contributed by atoms with E-state index in [0.717, 1.165) is 6.07 Å². The summed E-state index contributed by atoms with van der Waals surface area (Å²) in [6, 6.07) is 0.731. The van der Waals surface area contributed by atoms with Crippen molar-refractivity contribution in [3.05, 3.63) is 32.1 Å². The minimum atomic E-state index is -3.06. The molecule has 0 bridgehead atoms. The van der Waals surface area contributed by atoms with Crippen molar-refractivity contribution in [3.8, 4) is 0 Å². The van der Waals surface area contributed by atoms with Crippen molar-refractivity contribution in [1.82, 2.24) is 4.98 Å². The van der Waals surface area contributed by atoms with Crippen LogP contribution in [0.4, 0.5) is 14.5 Å². The summed E-state index contributed by atoms with van der Waals surface area (Å²) in [7, 11) is 0. The smallest absolute Gasteiger partial charge is 0.258 e. The molecule has 0 radical (unpaired) electrons. The van der Waals surface area contributed by atoms with Crippen LogP contribution in [0.5, 0.6) is 0 Å². The summed E-state index contributed by atoms with van der Waals surface area (Å²) in [5.74, 6) is 0. The molecule has 0 N–H and O–H groups in total. The zero-order chi connectivity index (χ0) is 10.9. The van der Waals surface area contributed by atoms with Gasteiger partial charge in [-0.25, -0.2) is 13.8 Å². The molecule has 0 amide bonds. The van der Waals surface area contributed by atoms with Crippen molar-refractivity contribution in [1.29, 1.82) is 0 Å². The molecule has 1 aromatic rings. The van der Waals surface area contributed by atoms with E-state index >= 15 is 0 Å². The fraction of sp³-hybridized carbons (Fsp3) is 0.167. The molecular formula is C6H2Cl2F2N2O2. The number of nitro groups is 1. The van der Waals surface area contributed by atoms with Crippen molar-refractivity contribution in [2.75, 3.05) is 0 Å². The average molecular weight is 243 g/mol. The van der Waals surface area contributed by atoms with Crippen molar-refractivity contribution in [2.45, 2.75) is 6.43 Å². The molecule has 1 aromatic heterocycles. The second-order valence-corrected chi connectivity index (χ2v) is 2.97. The molecule has 0 aliphatic carbocycles. The maximum atomic E-state index is 12.3.